The maximum Gasteiger partial charge on any atom is 0.271 e. The Morgan fingerprint density at radius 2 is 1.49 bits per heavy atom. The largest absolute Gasteiger partial charge is 0.367 e. The number of halogens is 2. The number of aromatic nitrogens is 1. The summed E-state index contributed by atoms with van der Waals surface area (Å²) >= 11 is 12.6. The van der Waals surface area contributed by atoms with E-state index in [0.29, 0.717) is 24.7 Å². The van der Waals surface area contributed by atoms with Crippen LogP contribution in [-0.2, 0) is 6.54 Å². The third kappa shape index (κ3) is 4.95. The second-order valence-electron chi connectivity index (χ2n) is 8.89. The highest BCUT2D eigenvalue weighted by Gasteiger charge is 2.29. The van der Waals surface area contributed by atoms with Crippen LogP contribution in [0.3, 0.4) is 0 Å². The average Bonchev–Trinajstić information content (AvgIpc) is 3.20. The third-order valence-electron chi connectivity index (χ3n) is 6.56. The molecule has 3 aromatic carbocycles. The van der Waals surface area contributed by atoms with Gasteiger partial charge in [-0.2, -0.15) is 0 Å². The van der Waals surface area contributed by atoms with Crippen molar-refractivity contribution in [1.29, 1.82) is 0 Å². The van der Waals surface area contributed by atoms with Crippen LogP contribution in [0, 0.1) is 6.92 Å². The maximum atomic E-state index is 14.0. The average molecular weight is 504 g/mol. The maximum absolute atomic E-state index is 14.0. The minimum Gasteiger partial charge on any atom is -0.367 e. The van der Waals surface area contributed by atoms with Gasteiger partial charge in [-0.15, -0.1) is 0 Å². The Bertz CT molecular complexity index is 1320. The van der Waals surface area contributed by atoms with Gasteiger partial charge in [0.25, 0.3) is 5.91 Å². The number of anilines is 1. The summed E-state index contributed by atoms with van der Waals surface area (Å²) in [5.41, 5.74) is 5.93. The first-order chi connectivity index (χ1) is 17.0. The summed E-state index contributed by atoms with van der Waals surface area (Å²) < 4.78 is 2.09. The minimum atomic E-state index is 0.0535. The number of hydrogen-bond acceptors (Lipinski definition) is 2. The topological polar surface area (TPSA) is 28.5 Å². The first-order valence-corrected chi connectivity index (χ1v) is 12.5. The fraction of sp³-hybridized carbons (Fsp3) is 0.207. The molecule has 5 rings (SSSR count). The Labute approximate surface area is 216 Å². The zero-order chi connectivity index (χ0) is 24.4. The molecular formula is C29H27Cl2N3O. The van der Waals surface area contributed by atoms with Crippen molar-refractivity contribution in [2.24, 2.45) is 0 Å². The lowest BCUT2D eigenvalue weighted by atomic mass is 10.0. The standard InChI is InChI=1S/C29H27Cl2N3O/c1-21-19-34(20-22-7-3-2-4-8-22)28(27(21)23-11-13-24(30)14-12-23)29(35)33-17-15-32(16-18-33)26-10-6-5-9-25(26)31/h2-14,19H,15-18,20H2,1H3. The van der Waals surface area contributed by atoms with Crippen LogP contribution in [0.25, 0.3) is 11.1 Å². The molecule has 1 aromatic heterocycles. The van der Waals surface area contributed by atoms with Crippen molar-refractivity contribution in [1.82, 2.24) is 9.47 Å². The Kier molecular flexibility index (Phi) is 6.85. The highest BCUT2D eigenvalue weighted by molar-refractivity contribution is 6.33. The molecule has 0 atom stereocenters. The second kappa shape index (κ2) is 10.2. The Balaban J connectivity index is 1.47. The highest BCUT2D eigenvalue weighted by Crippen LogP contribution is 2.33. The van der Waals surface area contributed by atoms with Gasteiger partial charge in [-0.25, -0.2) is 0 Å². The summed E-state index contributed by atoms with van der Waals surface area (Å²) in [6, 6.07) is 25.9. The van der Waals surface area contributed by atoms with Gasteiger partial charge in [0.1, 0.15) is 5.69 Å². The van der Waals surface area contributed by atoms with Crippen molar-refractivity contribution in [3.8, 4) is 11.1 Å². The first kappa shape index (κ1) is 23.5. The smallest absolute Gasteiger partial charge is 0.271 e. The second-order valence-corrected chi connectivity index (χ2v) is 9.73. The van der Waals surface area contributed by atoms with Gasteiger partial charge in [0.15, 0.2) is 0 Å². The van der Waals surface area contributed by atoms with Crippen LogP contribution in [0.1, 0.15) is 21.6 Å². The van der Waals surface area contributed by atoms with Crippen molar-refractivity contribution < 1.29 is 4.79 Å². The van der Waals surface area contributed by atoms with Gasteiger partial charge in [-0.1, -0.05) is 77.8 Å². The van der Waals surface area contributed by atoms with Gasteiger partial charge >= 0.3 is 0 Å². The van der Waals surface area contributed by atoms with E-state index in [1.807, 2.05) is 71.6 Å². The molecule has 178 valence electrons. The number of aryl methyl sites for hydroxylation is 1. The number of piperazine rings is 1. The molecule has 2 heterocycles. The van der Waals surface area contributed by atoms with Crippen LogP contribution in [-0.4, -0.2) is 41.6 Å². The highest BCUT2D eigenvalue weighted by atomic mass is 35.5. The van der Waals surface area contributed by atoms with E-state index in [-0.39, 0.29) is 5.91 Å². The lowest BCUT2D eigenvalue weighted by Crippen LogP contribution is -2.49. The van der Waals surface area contributed by atoms with Crippen molar-refractivity contribution in [3.63, 3.8) is 0 Å². The predicted molar refractivity (Wildman–Crippen MR) is 145 cm³/mol. The molecule has 0 aliphatic carbocycles. The van der Waals surface area contributed by atoms with Gasteiger partial charge < -0.3 is 14.4 Å². The number of carbonyl (C=O) groups is 1. The van der Waals surface area contributed by atoms with E-state index in [4.69, 9.17) is 23.2 Å². The normalized spacial score (nSPS) is 13.8. The molecule has 35 heavy (non-hydrogen) atoms. The number of hydrogen-bond donors (Lipinski definition) is 0. The molecule has 0 N–H and O–H groups in total. The summed E-state index contributed by atoms with van der Waals surface area (Å²) in [6.45, 7) is 5.46. The molecule has 1 fully saturated rings. The van der Waals surface area contributed by atoms with Crippen LogP contribution >= 0.6 is 23.2 Å². The van der Waals surface area contributed by atoms with Gasteiger partial charge in [0.05, 0.1) is 10.7 Å². The van der Waals surface area contributed by atoms with E-state index in [0.717, 1.165) is 51.7 Å². The molecule has 0 unspecified atom stereocenters. The predicted octanol–water partition coefficient (Wildman–Crippen LogP) is 6.78. The first-order valence-electron chi connectivity index (χ1n) is 11.8. The van der Waals surface area contributed by atoms with Crippen molar-refractivity contribution in [2.45, 2.75) is 13.5 Å². The molecule has 1 aliphatic heterocycles. The molecule has 6 heteroatoms. The Hall–Kier alpha value is -3.21. The lowest BCUT2D eigenvalue weighted by molar-refractivity contribution is 0.0737. The molecule has 0 saturated carbocycles. The minimum absolute atomic E-state index is 0.0535. The number of nitrogens with zero attached hydrogens (tertiary/aromatic N) is 3. The van der Waals surface area contributed by atoms with Crippen LogP contribution in [0.15, 0.2) is 85.1 Å². The van der Waals surface area contributed by atoms with E-state index in [1.54, 1.807) is 0 Å². The summed E-state index contributed by atoms with van der Waals surface area (Å²) in [6.07, 6.45) is 2.09. The van der Waals surface area contributed by atoms with Crippen LogP contribution < -0.4 is 4.90 Å². The molecule has 1 saturated heterocycles. The van der Waals surface area contributed by atoms with E-state index in [2.05, 4.69) is 34.7 Å². The van der Waals surface area contributed by atoms with E-state index >= 15 is 0 Å². The van der Waals surface area contributed by atoms with Crippen LogP contribution in [0.5, 0.6) is 0 Å². The van der Waals surface area contributed by atoms with Gasteiger partial charge in [-0.05, 0) is 47.9 Å². The molecule has 0 radical (unpaired) electrons. The fourth-order valence-corrected chi connectivity index (χ4v) is 5.20. The van der Waals surface area contributed by atoms with E-state index < -0.39 is 0 Å². The number of para-hydroxylation sites is 1. The fourth-order valence-electron chi connectivity index (χ4n) is 4.82. The van der Waals surface area contributed by atoms with Gasteiger partial charge in [-0.3, -0.25) is 4.79 Å². The summed E-state index contributed by atoms with van der Waals surface area (Å²) in [7, 11) is 0. The SMILES string of the molecule is Cc1cn(Cc2ccccc2)c(C(=O)N2CCN(c3ccccc3Cl)CC2)c1-c1ccc(Cl)cc1. The molecule has 1 aliphatic rings. The molecule has 0 bridgehead atoms. The van der Waals surface area contributed by atoms with E-state index in [1.165, 1.54) is 0 Å². The van der Waals surface area contributed by atoms with Crippen LogP contribution in [0.4, 0.5) is 5.69 Å². The van der Waals surface area contributed by atoms with Crippen molar-refractivity contribution in [2.75, 3.05) is 31.1 Å². The quantitative estimate of drug-likeness (QED) is 0.300. The molecule has 0 spiro atoms. The van der Waals surface area contributed by atoms with Crippen molar-refractivity contribution >= 4 is 34.8 Å². The summed E-state index contributed by atoms with van der Waals surface area (Å²) in [5.74, 6) is 0.0535. The zero-order valence-corrected chi connectivity index (χ0v) is 21.1. The van der Waals surface area contributed by atoms with Crippen LogP contribution in [0.2, 0.25) is 10.0 Å². The Morgan fingerprint density at radius 1 is 0.829 bits per heavy atom. The van der Waals surface area contributed by atoms with Gasteiger partial charge in [0, 0.05) is 49.5 Å². The number of amides is 1. The molecule has 1 amide bonds. The van der Waals surface area contributed by atoms with Crippen molar-refractivity contribution in [3.05, 3.63) is 112 Å². The zero-order valence-electron chi connectivity index (χ0n) is 19.6. The number of carbonyl (C=O) groups excluding carboxylic acids is 1. The Morgan fingerprint density at radius 3 is 2.17 bits per heavy atom. The monoisotopic (exact) mass is 503 g/mol. The van der Waals surface area contributed by atoms with E-state index in [9.17, 15) is 4.79 Å². The molecule has 4 nitrogen and oxygen atoms in total. The molecule has 4 aromatic rings. The molecular weight excluding hydrogens is 477 g/mol. The third-order valence-corrected chi connectivity index (χ3v) is 7.13. The number of benzene rings is 3. The summed E-state index contributed by atoms with van der Waals surface area (Å²) in [4.78, 5) is 18.2. The summed E-state index contributed by atoms with van der Waals surface area (Å²) in [5, 5.41) is 1.42. The number of rotatable bonds is 5. The lowest BCUT2D eigenvalue weighted by Gasteiger charge is -2.36. The van der Waals surface area contributed by atoms with Gasteiger partial charge in [0.2, 0.25) is 0 Å².